The molecule has 4 rings (SSSR count). The second kappa shape index (κ2) is 7.58. The lowest BCUT2D eigenvalue weighted by molar-refractivity contribution is -0.146. The molecule has 2 aromatic rings. The highest BCUT2D eigenvalue weighted by Crippen LogP contribution is 2.31. The predicted molar refractivity (Wildman–Crippen MR) is 102 cm³/mol. The fraction of sp³-hybridized carbons (Fsp3) is 0.429. The first kappa shape index (κ1) is 18.4. The average molecular weight is 381 g/mol. The summed E-state index contributed by atoms with van der Waals surface area (Å²) in [6.45, 7) is 0.805. The van der Waals surface area contributed by atoms with Gasteiger partial charge in [0.25, 0.3) is 5.56 Å². The summed E-state index contributed by atoms with van der Waals surface area (Å²) in [6.07, 6.45) is 2.83. The van der Waals surface area contributed by atoms with Crippen molar-refractivity contribution in [1.29, 1.82) is 0 Å². The lowest BCUT2D eigenvalue weighted by Crippen LogP contribution is -2.43. The third-order valence-electron chi connectivity index (χ3n) is 5.85. The number of hydrogen-bond acceptors (Lipinski definition) is 4. The van der Waals surface area contributed by atoms with Gasteiger partial charge >= 0.3 is 5.97 Å². The summed E-state index contributed by atoms with van der Waals surface area (Å²) in [4.78, 5) is 45.8. The zero-order valence-corrected chi connectivity index (χ0v) is 15.6. The molecule has 1 fully saturated rings. The molecule has 0 atom stereocenters. The van der Waals surface area contributed by atoms with Gasteiger partial charge < -0.3 is 15.0 Å². The van der Waals surface area contributed by atoms with Gasteiger partial charge in [0.15, 0.2) is 0 Å². The van der Waals surface area contributed by atoms with E-state index in [1.165, 1.54) is 0 Å². The van der Waals surface area contributed by atoms with Crippen molar-refractivity contribution in [2.24, 2.45) is 11.8 Å². The van der Waals surface area contributed by atoms with Crippen molar-refractivity contribution >= 4 is 11.9 Å². The molecule has 0 bridgehead atoms. The lowest BCUT2D eigenvalue weighted by Gasteiger charge is -2.33. The predicted octanol–water partition coefficient (Wildman–Crippen LogP) is 2.21. The maximum absolute atomic E-state index is 12.9. The summed E-state index contributed by atoms with van der Waals surface area (Å²) in [5.41, 5.74) is 1.96. The molecule has 1 amide bonds. The van der Waals surface area contributed by atoms with Gasteiger partial charge in [-0.05, 0) is 25.7 Å². The molecule has 146 valence electrons. The van der Waals surface area contributed by atoms with Crippen molar-refractivity contribution in [2.45, 2.75) is 38.6 Å². The standard InChI is InChI=1S/C21H23N3O4/c25-19-16-12-24(20(26)14-6-8-15(9-7-14)21(27)28)11-10-17(16)22-18(23-19)13-4-2-1-3-5-13/h1-5,14-15H,6-12H2,(H,27,28)(H,22,23,25). The van der Waals surface area contributed by atoms with Crippen LogP contribution in [0.2, 0.25) is 0 Å². The van der Waals surface area contributed by atoms with Gasteiger partial charge in [-0.2, -0.15) is 0 Å². The first-order valence-corrected chi connectivity index (χ1v) is 9.72. The molecule has 0 spiro atoms. The highest BCUT2D eigenvalue weighted by atomic mass is 16.4. The molecular weight excluding hydrogens is 358 g/mol. The number of H-pyrrole nitrogens is 1. The van der Waals surface area contributed by atoms with E-state index in [4.69, 9.17) is 5.11 Å². The fourth-order valence-electron chi connectivity index (χ4n) is 4.19. The van der Waals surface area contributed by atoms with Crippen molar-refractivity contribution in [3.63, 3.8) is 0 Å². The largest absolute Gasteiger partial charge is 0.481 e. The molecule has 0 unspecified atom stereocenters. The van der Waals surface area contributed by atoms with E-state index in [2.05, 4.69) is 9.97 Å². The number of hydrogen-bond donors (Lipinski definition) is 2. The number of fused-ring (bicyclic) bond motifs is 1. The van der Waals surface area contributed by atoms with E-state index in [9.17, 15) is 14.4 Å². The molecule has 0 radical (unpaired) electrons. The smallest absolute Gasteiger partial charge is 0.306 e. The van der Waals surface area contributed by atoms with Gasteiger partial charge in [-0.1, -0.05) is 30.3 Å². The van der Waals surface area contributed by atoms with E-state index < -0.39 is 5.97 Å². The van der Waals surface area contributed by atoms with Gasteiger partial charge in [0.1, 0.15) is 5.82 Å². The average Bonchev–Trinajstić information content (AvgIpc) is 2.73. The molecule has 0 saturated heterocycles. The number of carbonyl (C=O) groups excluding carboxylic acids is 1. The Morgan fingerprint density at radius 2 is 1.75 bits per heavy atom. The zero-order valence-electron chi connectivity index (χ0n) is 15.6. The Morgan fingerprint density at radius 1 is 1.07 bits per heavy atom. The van der Waals surface area contributed by atoms with E-state index in [0.717, 1.165) is 11.3 Å². The van der Waals surface area contributed by atoms with E-state index >= 15 is 0 Å². The van der Waals surface area contributed by atoms with Crippen LogP contribution in [0, 0.1) is 11.8 Å². The summed E-state index contributed by atoms with van der Waals surface area (Å²) in [5.74, 6) is -0.677. The van der Waals surface area contributed by atoms with Crippen LogP contribution in [0.5, 0.6) is 0 Å². The maximum atomic E-state index is 12.9. The molecule has 1 saturated carbocycles. The Morgan fingerprint density at radius 3 is 2.43 bits per heavy atom. The summed E-state index contributed by atoms with van der Waals surface area (Å²) in [5, 5.41) is 9.12. The molecule has 7 nitrogen and oxygen atoms in total. The minimum atomic E-state index is -0.773. The van der Waals surface area contributed by atoms with Crippen LogP contribution in [0.25, 0.3) is 11.4 Å². The number of nitrogens with one attached hydrogen (secondary N) is 1. The van der Waals surface area contributed by atoms with Crippen LogP contribution in [0.1, 0.15) is 36.9 Å². The topological polar surface area (TPSA) is 103 Å². The molecule has 7 heteroatoms. The Labute approximate surface area is 162 Å². The summed E-state index contributed by atoms with van der Waals surface area (Å²) < 4.78 is 0. The van der Waals surface area contributed by atoms with E-state index in [0.29, 0.717) is 50.0 Å². The fourth-order valence-corrected chi connectivity index (χ4v) is 4.19. The SMILES string of the molecule is O=C(O)C1CCC(C(=O)N2CCc3nc(-c4ccccc4)[nH]c(=O)c3C2)CC1. The van der Waals surface area contributed by atoms with Gasteiger partial charge in [0.05, 0.1) is 23.7 Å². The number of aromatic nitrogens is 2. The molecule has 1 aliphatic carbocycles. The van der Waals surface area contributed by atoms with E-state index in [1.807, 2.05) is 30.3 Å². The van der Waals surface area contributed by atoms with Crippen LogP contribution in [-0.4, -0.2) is 38.4 Å². The minimum Gasteiger partial charge on any atom is -0.481 e. The number of nitrogens with zero attached hydrogens (tertiary/aromatic N) is 2. The summed E-state index contributed by atoms with van der Waals surface area (Å²) in [7, 11) is 0. The molecule has 1 aliphatic heterocycles. The normalized spacial score (nSPS) is 21.8. The number of carboxylic acid groups (broad SMARTS) is 1. The van der Waals surface area contributed by atoms with Gasteiger partial charge in [-0.15, -0.1) is 0 Å². The van der Waals surface area contributed by atoms with Gasteiger partial charge in [-0.25, -0.2) is 4.98 Å². The number of amides is 1. The zero-order chi connectivity index (χ0) is 19.7. The highest BCUT2D eigenvalue weighted by Gasteiger charge is 2.34. The molecule has 2 aliphatic rings. The number of aliphatic carboxylic acids is 1. The van der Waals surface area contributed by atoms with Crippen LogP contribution in [-0.2, 0) is 22.6 Å². The van der Waals surface area contributed by atoms with Crippen molar-refractivity contribution < 1.29 is 14.7 Å². The second-order valence-electron chi connectivity index (χ2n) is 7.60. The van der Waals surface area contributed by atoms with Crippen LogP contribution in [0.3, 0.4) is 0 Å². The Bertz CT molecular complexity index is 946. The number of benzene rings is 1. The summed E-state index contributed by atoms with van der Waals surface area (Å²) in [6, 6.07) is 9.50. The molecule has 28 heavy (non-hydrogen) atoms. The Kier molecular flexibility index (Phi) is 4.98. The van der Waals surface area contributed by atoms with Crippen LogP contribution in [0.4, 0.5) is 0 Å². The first-order chi connectivity index (χ1) is 13.5. The maximum Gasteiger partial charge on any atom is 0.306 e. The first-order valence-electron chi connectivity index (χ1n) is 9.72. The van der Waals surface area contributed by atoms with Crippen molar-refractivity contribution in [1.82, 2.24) is 14.9 Å². The Hall–Kier alpha value is -2.96. The summed E-state index contributed by atoms with van der Waals surface area (Å²) >= 11 is 0. The minimum absolute atomic E-state index is 0.0287. The van der Waals surface area contributed by atoms with Gasteiger partial charge in [-0.3, -0.25) is 14.4 Å². The van der Waals surface area contributed by atoms with Gasteiger partial charge in [0, 0.05) is 24.4 Å². The second-order valence-corrected chi connectivity index (χ2v) is 7.60. The van der Waals surface area contributed by atoms with Crippen LogP contribution < -0.4 is 5.56 Å². The number of aromatic amines is 1. The van der Waals surface area contributed by atoms with Gasteiger partial charge in [0.2, 0.25) is 5.91 Å². The van der Waals surface area contributed by atoms with E-state index in [1.54, 1.807) is 4.90 Å². The number of rotatable bonds is 3. The Balaban J connectivity index is 1.49. The van der Waals surface area contributed by atoms with Crippen LogP contribution in [0.15, 0.2) is 35.1 Å². The van der Waals surface area contributed by atoms with Crippen molar-refractivity contribution in [3.05, 3.63) is 51.9 Å². The number of carbonyl (C=O) groups is 2. The van der Waals surface area contributed by atoms with Crippen molar-refractivity contribution in [3.8, 4) is 11.4 Å². The van der Waals surface area contributed by atoms with Crippen LogP contribution >= 0.6 is 0 Å². The molecule has 1 aromatic heterocycles. The quantitative estimate of drug-likeness (QED) is 0.848. The molecular formula is C21H23N3O4. The third kappa shape index (κ3) is 3.56. The monoisotopic (exact) mass is 381 g/mol. The van der Waals surface area contributed by atoms with Crippen molar-refractivity contribution in [2.75, 3.05) is 6.54 Å². The number of carboxylic acids is 1. The highest BCUT2D eigenvalue weighted by molar-refractivity contribution is 5.79. The van der Waals surface area contributed by atoms with E-state index in [-0.39, 0.29) is 29.8 Å². The molecule has 2 N–H and O–H groups in total. The lowest BCUT2D eigenvalue weighted by atomic mass is 9.81. The molecule has 1 aromatic carbocycles. The third-order valence-corrected chi connectivity index (χ3v) is 5.85. The molecule has 2 heterocycles.